The van der Waals surface area contributed by atoms with E-state index in [9.17, 15) is 4.79 Å². The molecule has 0 radical (unpaired) electrons. The number of hydrogen-bond acceptors (Lipinski definition) is 3. The van der Waals surface area contributed by atoms with E-state index in [1.54, 1.807) is 31.4 Å². The van der Waals surface area contributed by atoms with Crippen molar-refractivity contribution in [2.45, 2.75) is 19.4 Å². The third kappa shape index (κ3) is 3.16. The Kier molecular flexibility index (Phi) is 3.97. The Morgan fingerprint density at radius 3 is 2.27 bits per heavy atom. The van der Waals surface area contributed by atoms with E-state index in [4.69, 9.17) is 15.2 Å². The Morgan fingerprint density at radius 1 is 1.33 bits per heavy atom. The number of carbonyl (C=O) groups is 1. The summed E-state index contributed by atoms with van der Waals surface area (Å²) in [6.07, 6.45) is -0.0140. The van der Waals surface area contributed by atoms with Crippen LogP contribution >= 0.6 is 0 Å². The summed E-state index contributed by atoms with van der Waals surface area (Å²) >= 11 is 0. The van der Waals surface area contributed by atoms with E-state index in [-0.39, 0.29) is 0 Å². The molecule has 1 rings (SSSR count). The van der Waals surface area contributed by atoms with Crippen molar-refractivity contribution < 1.29 is 14.3 Å². The molecule has 0 bridgehead atoms. The molecule has 0 heterocycles. The molecule has 0 aliphatic rings. The van der Waals surface area contributed by atoms with Crippen molar-refractivity contribution in [3.63, 3.8) is 0 Å². The molecule has 15 heavy (non-hydrogen) atoms. The van der Waals surface area contributed by atoms with Gasteiger partial charge < -0.3 is 15.2 Å². The van der Waals surface area contributed by atoms with Crippen molar-refractivity contribution in [1.82, 2.24) is 0 Å². The van der Waals surface area contributed by atoms with Gasteiger partial charge in [-0.15, -0.1) is 0 Å². The zero-order valence-corrected chi connectivity index (χ0v) is 8.90. The number of hydrogen-bond donors (Lipinski definition) is 1. The largest absolute Gasteiger partial charge is 0.497 e. The highest BCUT2D eigenvalue weighted by Crippen LogP contribution is 2.18. The molecule has 1 atom stereocenters. The summed E-state index contributed by atoms with van der Waals surface area (Å²) in [5.41, 5.74) is 5.16. The topological polar surface area (TPSA) is 61.6 Å². The normalized spacial score (nSPS) is 11.9. The van der Waals surface area contributed by atoms with Gasteiger partial charge in [0.05, 0.1) is 7.11 Å². The van der Waals surface area contributed by atoms with Crippen molar-refractivity contribution in [3.05, 3.63) is 24.3 Å². The number of benzene rings is 1. The fourth-order valence-electron chi connectivity index (χ4n) is 1.16. The number of nitrogens with two attached hydrogens (primary N) is 1. The SMILES string of the molecule is CC[C@H](Oc1ccc(OC)cc1)C(N)=O. The maximum absolute atomic E-state index is 10.9. The zero-order valence-electron chi connectivity index (χ0n) is 8.90. The van der Waals surface area contributed by atoms with Crippen molar-refractivity contribution in [2.75, 3.05) is 7.11 Å². The molecule has 0 aliphatic heterocycles. The summed E-state index contributed by atoms with van der Waals surface area (Å²) in [5, 5.41) is 0. The average Bonchev–Trinajstić information content (AvgIpc) is 2.26. The van der Waals surface area contributed by atoms with Gasteiger partial charge in [-0.2, -0.15) is 0 Å². The molecule has 4 nitrogen and oxygen atoms in total. The number of ether oxygens (including phenoxy) is 2. The molecule has 1 amide bonds. The Hall–Kier alpha value is -1.71. The maximum atomic E-state index is 10.9. The summed E-state index contributed by atoms with van der Waals surface area (Å²) < 4.78 is 10.4. The first-order chi connectivity index (χ1) is 7.17. The lowest BCUT2D eigenvalue weighted by atomic mass is 10.2. The number of rotatable bonds is 5. The summed E-state index contributed by atoms with van der Waals surface area (Å²) in [7, 11) is 1.59. The van der Waals surface area contributed by atoms with Crippen LogP contribution in [0.15, 0.2) is 24.3 Å². The van der Waals surface area contributed by atoms with Crippen molar-refractivity contribution in [2.24, 2.45) is 5.73 Å². The Balaban J connectivity index is 2.67. The second-order valence-corrected chi connectivity index (χ2v) is 3.09. The summed E-state index contributed by atoms with van der Waals surface area (Å²) in [6, 6.07) is 7.01. The lowest BCUT2D eigenvalue weighted by Crippen LogP contribution is -2.32. The van der Waals surface area contributed by atoms with Gasteiger partial charge in [-0.1, -0.05) is 6.92 Å². The van der Waals surface area contributed by atoms with Crippen LogP contribution in [0.4, 0.5) is 0 Å². The molecule has 0 fully saturated rings. The molecule has 0 spiro atoms. The van der Waals surface area contributed by atoms with Crippen molar-refractivity contribution in [3.8, 4) is 11.5 Å². The molecular formula is C11H15NO3. The van der Waals surface area contributed by atoms with Crippen LogP contribution in [-0.4, -0.2) is 19.1 Å². The smallest absolute Gasteiger partial charge is 0.258 e. The number of primary amides is 1. The highest BCUT2D eigenvalue weighted by molar-refractivity contribution is 5.79. The second-order valence-electron chi connectivity index (χ2n) is 3.09. The van der Waals surface area contributed by atoms with Crippen LogP contribution < -0.4 is 15.2 Å². The number of amides is 1. The van der Waals surface area contributed by atoms with Gasteiger partial charge in [0.1, 0.15) is 11.5 Å². The van der Waals surface area contributed by atoms with Gasteiger partial charge in [-0.3, -0.25) is 4.79 Å². The summed E-state index contributed by atoms with van der Waals surface area (Å²) in [5.74, 6) is 0.907. The van der Waals surface area contributed by atoms with E-state index in [1.165, 1.54) is 0 Å². The molecule has 82 valence electrons. The van der Waals surface area contributed by atoms with E-state index < -0.39 is 12.0 Å². The van der Waals surface area contributed by atoms with Gasteiger partial charge >= 0.3 is 0 Å². The monoisotopic (exact) mass is 209 g/mol. The van der Waals surface area contributed by atoms with Gasteiger partial charge in [0.15, 0.2) is 6.10 Å². The highest BCUT2D eigenvalue weighted by Gasteiger charge is 2.14. The summed E-state index contributed by atoms with van der Waals surface area (Å²) in [4.78, 5) is 10.9. The second kappa shape index (κ2) is 5.24. The standard InChI is InChI=1S/C11H15NO3/c1-3-10(11(12)13)15-9-6-4-8(14-2)5-7-9/h4-7,10H,3H2,1-2H3,(H2,12,13)/t10-/m0/s1. The van der Waals surface area contributed by atoms with Crippen molar-refractivity contribution >= 4 is 5.91 Å². The molecule has 0 unspecified atom stereocenters. The van der Waals surface area contributed by atoms with Crippen LogP contribution in [0.1, 0.15) is 13.3 Å². The molecule has 0 saturated carbocycles. The quantitative estimate of drug-likeness (QED) is 0.796. The van der Waals surface area contributed by atoms with E-state index in [2.05, 4.69) is 0 Å². The maximum Gasteiger partial charge on any atom is 0.258 e. The van der Waals surface area contributed by atoms with E-state index in [0.29, 0.717) is 12.2 Å². The summed E-state index contributed by atoms with van der Waals surface area (Å²) in [6.45, 7) is 1.85. The molecule has 1 aromatic rings. The number of carbonyl (C=O) groups excluding carboxylic acids is 1. The van der Waals surface area contributed by atoms with Gasteiger partial charge in [0, 0.05) is 0 Å². The fraction of sp³-hybridized carbons (Fsp3) is 0.364. The van der Waals surface area contributed by atoms with E-state index >= 15 is 0 Å². The number of methoxy groups -OCH3 is 1. The molecule has 1 aromatic carbocycles. The average molecular weight is 209 g/mol. The predicted molar refractivity (Wildman–Crippen MR) is 56.9 cm³/mol. The lowest BCUT2D eigenvalue weighted by molar-refractivity contribution is -0.124. The fourth-order valence-corrected chi connectivity index (χ4v) is 1.16. The van der Waals surface area contributed by atoms with Crippen LogP contribution in [-0.2, 0) is 4.79 Å². The Labute approximate surface area is 89.0 Å². The van der Waals surface area contributed by atoms with Crippen LogP contribution in [0.25, 0.3) is 0 Å². The van der Waals surface area contributed by atoms with Gasteiger partial charge in [0.25, 0.3) is 5.91 Å². The van der Waals surface area contributed by atoms with Crippen LogP contribution in [0.2, 0.25) is 0 Å². The van der Waals surface area contributed by atoms with Gasteiger partial charge in [-0.25, -0.2) is 0 Å². The first-order valence-corrected chi connectivity index (χ1v) is 4.77. The molecule has 0 aromatic heterocycles. The predicted octanol–water partition coefficient (Wildman–Crippen LogP) is 1.34. The minimum Gasteiger partial charge on any atom is -0.497 e. The van der Waals surface area contributed by atoms with Crippen molar-refractivity contribution in [1.29, 1.82) is 0 Å². The van der Waals surface area contributed by atoms with Gasteiger partial charge in [0.2, 0.25) is 0 Å². The lowest BCUT2D eigenvalue weighted by Gasteiger charge is -2.13. The first-order valence-electron chi connectivity index (χ1n) is 4.77. The van der Waals surface area contributed by atoms with E-state index in [1.807, 2.05) is 6.92 Å². The Morgan fingerprint density at radius 2 is 1.87 bits per heavy atom. The van der Waals surface area contributed by atoms with Crippen LogP contribution in [0.3, 0.4) is 0 Å². The molecule has 0 saturated heterocycles. The Bertz CT molecular complexity index is 321. The van der Waals surface area contributed by atoms with E-state index in [0.717, 1.165) is 5.75 Å². The molecule has 0 aliphatic carbocycles. The minimum absolute atomic E-state index is 0.451. The van der Waals surface area contributed by atoms with Gasteiger partial charge in [-0.05, 0) is 30.7 Å². The first kappa shape index (κ1) is 11.4. The zero-order chi connectivity index (χ0) is 11.3. The molecular weight excluding hydrogens is 194 g/mol. The molecule has 4 heteroatoms. The van der Waals surface area contributed by atoms with Crippen LogP contribution in [0.5, 0.6) is 11.5 Å². The third-order valence-corrected chi connectivity index (χ3v) is 2.03. The minimum atomic E-state index is -0.571. The highest BCUT2D eigenvalue weighted by atomic mass is 16.5. The van der Waals surface area contributed by atoms with Crippen LogP contribution in [0, 0.1) is 0 Å². The molecule has 2 N–H and O–H groups in total. The third-order valence-electron chi connectivity index (χ3n) is 2.03.